The van der Waals surface area contributed by atoms with Gasteiger partial charge in [-0.3, -0.25) is 4.79 Å². The topological polar surface area (TPSA) is 37.3 Å². The van der Waals surface area contributed by atoms with Crippen molar-refractivity contribution in [2.75, 3.05) is 0 Å². The molecule has 0 aromatic heterocycles. The molecule has 2 rings (SSSR count). The lowest BCUT2D eigenvalue weighted by Gasteiger charge is -2.06. The molecule has 0 bridgehead atoms. The Morgan fingerprint density at radius 3 is 2.55 bits per heavy atom. The Bertz CT molecular complexity index is 690. The van der Waals surface area contributed by atoms with Crippen molar-refractivity contribution in [2.24, 2.45) is 0 Å². The van der Waals surface area contributed by atoms with Crippen LogP contribution in [0.2, 0.25) is 0 Å². The van der Waals surface area contributed by atoms with E-state index in [1.54, 1.807) is 6.92 Å². The lowest BCUT2D eigenvalue weighted by molar-refractivity contribution is -0.138. The average Bonchev–Trinajstić information content (AvgIpc) is 2.46. The molecule has 0 amide bonds. The standard InChI is InChI=1S/C18H16O2/c1-13-6-3-4-8-16(13)11-10-15-7-5-9-17(12-15)14(2)18(19)20/h3-9,12,14H,1-2H3,(H,19,20). The van der Waals surface area contributed by atoms with Crippen LogP contribution in [-0.2, 0) is 4.79 Å². The van der Waals surface area contributed by atoms with Gasteiger partial charge in [-0.1, -0.05) is 42.2 Å². The number of carbonyl (C=O) groups is 1. The van der Waals surface area contributed by atoms with E-state index < -0.39 is 11.9 Å². The van der Waals surface area contributed by atoms with Gasteiger partial charge >= 0.3 is 5.97 Å². The minimum Gasteiger partial charge on any atom is -0.481 e. The number of rotatable bonds is 2. The lowest BCUT2D eigenvalue weighted by atomic mass is 9.99. The Morgan fingerprint density at radius 2 is 1.85 bits per heavy atom. The summed E-state index contributed by atoms with van der Waals surface area (Å²) in [6.07, 6.45) is 0. The van der Waals surface area contributed by atoms with Gasteiger partial charge in [0.2, 0.25) is 0 Å². The van der Waals surface area contributed by atoms with E-state index in [4.69, 9.17) is 5.11 Å². The Labute approximate surface area is 119 Å². The maximum Gasteiger partial charge on any atom is 0.310 e. The summed E-state index contributed by atoms with van der Waals surface area (Å²) in [6.45, 7) is 3.70. The molecule has 0 fully saturated rings. The molecule has 2 heteroatoms. The van der Waals surface area contributed by atoms with Crippen molar-refractivity contribution in [3.8, 4) is 11.8 Å². The highest BCUT2D eigenvalue weighted by Gasteiger charge is 2.13. The first-order chi connectivity index (χ1) is 9.58. The summed E-state index contributed by atoms with van der Waals surface area (Å²) in [5.74, 6) is 4.88. The molecule has 0 aliphatic heterocycles. The van der Waals surface area contributed by atoms with E-state index >= 15 is 0 Å². The molecule has 20 heavy (non-hydrogen) atoms. The molecule has 1 atom stereocenters. The van der Waals surface area contributed by atoms with Gasteiger partial charge in [0.05, 0.1) is 5.92 Å². The molecule has 1 unspecified atom stereocenters. The van der Waals surface area contributed by atoms with Crippen LogP contribution in [0.4, 0.5) is 0 Å². The second kappa shape index (κ2) is 6.08. The van der Waals surface area contributed by atoms with Crippen molar-refractivity contribution >= 4 is 5.97 Å². The monoisotopic (exact) mass is 264 g/mol. The van der Waals surface area contributed by atoms with E-state index in [1.165, 1.54) is 0 Å². The third-order valence-corrected chi connectivity index (χ3v) is 3.24. The molecule has 0 radical (unpaired) electrons. The number of aliphatic carboxylic acids is 1. The van der Waals surface area contributed by atoms with Gasteiger partial charge in [-0.25, -0.2) is 0 Å². The number of hydrogen-bond acceptors (Lipinski definition) is 1. The predicted molar refractivity (Wildman–Crippen MR) is 79.7 cm³/mol. The summed E-state index contributed by atoms with van der Waals surface area (Å²) in [7, 11) is 0. The van der Waals surface area contributed by atoms with E-state index in [0.29, 0.717) is 0 Å². The maximum absolute atomic E-state index is 11.0. The first-order valence-electron chi connectivity index (χ1n) is 6.48. The molecule has 0 saturated carbocycles. The summed E-state index contributed by atoms with van der Waals surface area (Å²) in [4.78, 5) is 11.0. The van der Waals surface area contributed by atoms with Gasteiger partial charge in [0.25, 0.3) is 0 Å². The normalized spacial score (nSPS) is 11.3. The van der Waals surface area contributed by atoms with Crippen molar-refractivity contribution in [1.82, 2.24) is 0 Å². The number of carboxylic acid groups (broad SMARTS) is 1. The summed E-state index contributed by atoms with van der Waals surface area (Å²) in [6, 6.07) is 15.3. The summed E-state index contributed by atoms with van der Waals surface area (Å²) in [5.41, 5.74) is 3.73. The molecule has 1 N–H and O–H groups in total. The van der Waals surface area contributed by atoms with Crippen molar-refractivity contribution in [1.29, 1.82) is 0 Å². The fourth-order valence-corrected chi connectivity index (χ4v) is 1.88. The Balaban J connectivity index is 2.30. The number of aryl methyl sites for hydroxylation is 1. The fourth-order valence-electron chi connectivity index (χ4n) is 1.88. The smallest absolute Gasteiger partial charge is 0.310 e. The van der Waals surface area contributed by atoms with Gasteiger partial charge in [-0.05, 0) is 43.2 Å². The highest BCUT2D eigenvalue weighted by molar-refractivity contribution is 5.75. The van der Waals surface area contributed by atoms with Crippen LogP contribution in [0.3, 0.4) is 0 Å². The largest absolute Gasteiger partial charge is 0.481 e. The number of carboxylic acids is 1. The molecular weight excluding hydrogens is 248 g/mol. The number of benzene rings is 2. The Hall–Kier alpha value is -2.53. The highest BCUT2D eigenvalue weighted by atomic mass is 16.4. The zero-order valence-electron chi connectivity index (χ0n) is 11.6. The van der Waals surface area contributed by atoms with E-state index in [2.05, 4.69) is 11.8 Å². The quantitative estimate of drug-likeness (QED) is 0.842. The van der Waals surface area contributed by atoms with Gasteiger partial charge in [-0.2, -0.15) is 0 Å². The zero-order valence-corrected chi connectivity index (χ0v) is 11.6. The number of hydrogen-bond donors (Lipinski definition) is 1. The van der Waals surface area contributed by atoms with Crippen LogP contribution in [0.5, 0.6) is 0 Å². The molecule has 2 nitrogen and oxygen atoms in total. The third-order valence-electron chi connectivity index (χ3n) is 3.24. The fraction of sp³-hybridized carbons (Fsp3) is 0.167. The first-order valence-corrected chi connectivity index (χ1v) is 6.48. The van der Waals surface area contributed by atoms with E-state index in [0.717, 1.165) is 22.3 Å². The second-order valence-corrected chi connectivity index (χ2v) is 4.75. The van der Waals surface area contributed by atoms with Crippen LogP contribution < -0.4 is 0 Å². The van der Waals surface area contributed by atoms with Crippen LogP contribution in [0.1, 0.15) is 35.1 Å². The van der Waals surface area contributed by atoms with Gasteiger partial charge in [0, 0.05) is 11.1 Å². The first kappa shape index (κ1) is 13.9. The maximum atomic E-state index is 11.0. The van der Waals surface area contributed by atoms with Crippen molar-refractivity contribution in [3.63, 3.8) is 0 Å². The van der Waals surface area contributed by atoms with Crippen molar-refractivity contribution in [2.45, 2.75) is 19.8 Å². The van der Waals surface area contributed by atoms with Crippen molar-refractivity contribution in [3.05, 3.63) is 70.8 Å². The minimum absolute atomic E-state index is 0.518. The van der Waals surface area contributed by atoms with Gasteiger partial charge < -0.3 is 5.11 Å². The van der Waals surface area contributed by atoms with Crippen LogP contribution in [0.25, 0.3) is 0 Å². The van der Waals surface area contributed by atoms with Crippen molar-refractivity contribution < 1.29 is 9.90 Å². The van der Waals surface area contributed by atoms with Crippen LogP contribution in [0.15, 0.2) is 48.5 Å². The Kier molecular flexibility index (Phi) is 4.22. The summed E-state index contributed by atoms with van der Waals surface area (Å²) < 4.78 is 0. The van der Waals surface area contributed by atoms with E-state index in [1.807, 2.05) is 55.5 Å². The molecule has 0 spiro atoms. The van der Waals surface area contributed by atoms with Crippen LogP contribution in [-0.4, -0.2) is 11.1 Å². The molecule has 0 aliphatic rings. The van der Waals surface area contributed by atoms with E-state index in [9.17, 15) is 4.79 Å². The van der Waals surface area contributed by atoms with Gasteiger partial charge in [0.1, 0.15) is 0 Å². The summed E-state index contributed by atoms with van der Waals surface area (Å²) >= 11 is 0. The predicted octanol–water partition coefficient (Wildman–Crippen LogP) is 3.58. The molecule has 0 saturated heterocycles. The molecule has 100 valence electrons. The molecule has 0 heterocycles. The van der Waals surface area contributed by atoms with Gasteiger partial charge in [0.15, 0.2) is 0 Å². The summed E-state index contributed by atoms with van der Waals surface area (Å²) in [5, 5.41) is 9.03. The SMILES string of the molecule is Cc1ccccc1C#Cc1cccc(C(C)C(=O)O)c1. The highest BCUT2D eigenvalue weighted by Crippen LogP contribution is 2.16. The molecular formula is C18H16O2. The zero-order chi connectivity index (χ0) is 14.5. The van der Waals surface area contributed by atoms with Crippen LogP contribution >= 0.6 is 0 Å². The average molecular weight is 264 g/mol. The second-order valence-electron chi connectivity index (χ2n) is 4.75. The molecule has 2 aromatic rings. The molecule has 0 aliphatic carbocycles. The minimum atomic E-state index is -0.825. The van der Waals surface area contributed by atoms with Gasteiger partial charge in [-0.15, -0.1) is 0 Å². The Morgan fingerprint density at radius 1 is 1.10 bits per heavy atom. The van der Waals surface area contributed by atoms with Crippen LogP contribution in [0, 0.1) is 18.8 Å². The lowest BCUT2D eigenvalue weighted by Crippen LogP contribution is -2.07. The third kappa shape index (κ3) is 3.27. The molecule has 2 aromatic carbocycles. The van der Waals surface area contributed by atoms with E-state index in [-0.39, 0.29) is 0 Å².